The number of nitrogens with zero attached hydrogens (tertiary/aromatic N) is 4. The summed E-state index contributed by atoms with van der Waals surface area (Å²) in [6.45, 7) is 15.1. The van der Waals surface area contributed by atoms with E-state index < -0.39 is 23.7 Å². The number of aliphatic hydroxyl groups is 1. The summed E-state index contributed by atoms with van der Waals surface area (Å²) < 4.78 is 17.0. The van der Waals surface area contributed by atoms with Crippen molar-refractivity contribution in [2.45, 2.75) is 104 Å². The highest BCUT2D eigenvalue weighted by Gasteiger charge is 2.43. The number of benzene rings is 1. The molecule has 0 saturated carbocycles. The van der Waals surface area contributed by atoms with E-state index in [1.54, 1.807) is 22.3 Å². The number of carbonyl (C=O) groups excluding carboxylic acids is 3. The third-order valence-electron chi connectivity index (χ3n) is 9.43. The summed E-state index contributed by atoms with van der Waals surface area (Å²) in [5, 5.41) is 17.7. The highest BCUT2D eigenvalue weighted by molar-refractivity contribution is 7.13. The molecule has 5 rings (SSSR count). The number of rotatable bonds is 11. The SMILES string of the molecule is Cc1ncsc1-c1ccc([C@H](C)NC(=O)[C@@H]2C[C@@H](O)CN2C(=O)[C@H](c2cc(OCCC3CCN(C(=O)OC(C)(C)C)CC3)no2)C(C)C)cc1. The van der Waals surface area contributed by atoms with Crippen molar-refractivity contribution in [1.82, 2.24) is 25.3 Å². The lowest BCUT2D eigenvalue weighted by Gasteiger charge is -2.33. The Balaban J connectivity index is 1.15. The van der Waals surface area contributed by atoms with Crippen molar-refractivity contribution in [1.29, 1.82) is 0 Å². The first-order chi connectivity index (χ1) is 23.7. The van der Waals surface area contributed by atoms with Crippen LogP contribution in [0.2, 0.25) is 0 Å². The zero-order valence-corrected chi connectivity index (χ0v) is 31.0. The standard InChI is InChI=1S/C37H51N5O7S/c1-22(2)32(30-19-31(40-49-30)47-17-14-25-12-15-41(16-13-25)36(46)48-37(5,6)7)35(45)42-20-28(43)18-29(42)34(44)39-23(3)26-8-10-27(11-9-26)33-24(4)38-21-50-33/h8-11,19,21-23,25,28-29,32,43H,12-18,20H2,1-7H3,(H,39,44)/t23-,28+,29-,32-/m0/s1. The number of carbonyl (C=O) groups is 3. The first kappa shape index (κ1) is 37.3. The van der Waals surface area contributed by atoms with Crippen LogP contribution in [0.3, 0.4) is 0 Å². The zero-order valence-electron chi connectivity index (χ0n) is 30.2. The third kappa shape index (κ3) is 9.22. The van der Waals surface area contributed by atoms with Crippen molar-refractivity contribution in [2.24, 2.45) is 11.8 Å². The second-order valence-electron chi connectivity index (χ2n) is 14.9. The van der Waals surface area contributed by atoms with Crippen molar-refractivity contribution in [3.05, 3.63) is 52.9 Å². The molecule has 0 spiro atoms. The molecule has 2 aliphatic heterocycles. The molecule has 3 amide bonds. The molecule has 1 aromatic carbocycles. The summed E-state index contributed by atoms with van der Waals surface area (Å²) in [5.74, 6) is -0.428. The molecule has 50 heavy (non-hydrogen) atoms. The lowest BCUT2D eigenvalue weighted by molar-refractivity contribution is -0.141. The molecule has 12 nitrogen and oxygen atoms in total. The van der Waals surface area contributed by atoms with Crippen LogP contribution in [-0.2, 0) is 14.3 Å². The Labute approximate surface area is 298 Å². The van der Waals surface area contributed by atoms with E-state index in [2.05, 4.69) is 15.5 Å². The van der Waals surface area contributed by atoms with Gasteiger partial charge in [-0.1, -0.05) is 38.1 Å². The Morgan fingerprint density at radius 3 is 2.44 bits per heavy atom. The third-order valence-corrected chi connectivity index (χ3v) is 10.4. The number of nitrogens with one attached hydrogen (secondary N) is 1. The van der Waals surface area contributed by atoms with Gasteiger partial charge < -0.3 is 34.2 Å². The van der Waals surface area contributed by atoms with Gasteiger partial charge in [-0.05, 0) is 82.0 Å². The van der Waals surface area contributed by atoms with Crippen LogP contribution >= 0.6 is 11.3 Å². The summed E-state index contributed by atoms with van der Waals surface area (Å²) in [4.78, 5) is 48.6. The van der Waals surface area contributed by atoms with Crippen LogP contribution in [0.5, 0.6) is 5.88 Å². The molecule has 272 valence electrons. The van der Waals surface area contributed by atoms with Gasteiger partial charge in [-0.3, -0.25) is 9.59 Å². The molecule has 0 unspecified atom stereocenters. The number of ether oxygens (including phenoxy) is 2. The van der Waals surface area contributed by atoms with E-state index >= 15 is 0 Å². The van der Waals surface area contributed by atoms with E-state index in [1.165, 1.54) is 4.90 Å². The van der Waals surface area contributed by atoms with Gasteiger partial charge in [0.25, 0.3) is 5.88 Å². The van der Waals surface area contributed by atoms with Crippen molar-refractivity contribution >= 4 is 29.2 Å². The van der Waals surface area contributed by atoms with Crippen LogP contribution in [0.25, 0.3) is 10.4 Å². The van der Waals surface area contributed by atoms with Crippen LogP contribution < -0.4 is 10.1 Å². The van der Waals surface area contributed by atoms with Gasteiger partial charge >= 0.3 is 6.09 Å². The summed E-state index contributed by atoms with van der Waals surface area (Å²) in [6.07, 6.45) is 1.60. The molecule has 2 aliphatic rings. The molecule has 0 radical (unpaired) electrons. The van der Waals surface area contributed by atoms with Crippen LogP contribution in [0.1, 0.15) is 96.2 Å². The summed E-state index contributed by atoms with van der Waals surface area (Å²) in [6, 6.07) is 8.54. The molecule has 0 bridgehead atoms. The Hall–Kier alpha value is -3.97. The number of hydrogen-bond donors (Lipinski definition) is 2. The maximum absolute atomic E-state index is 14.0. The molecule has 4 heterocycles. The first-order valence-electron chi connectivity index (χ1n) is 17.6. The normalized spacial score (nSPS) is 19.8. The number of piperidine rings is 1. The number of aryl methyl sites for hydroxylation is 1. The largest absolute Gasteiger partial charge is 0.475 e. The predicted octanol–water partition coefficient (Wildman–Crippen LogP) is 6.10. The molecule has 4 atom stereocenters. The van der Waals surface area contributed by atoms with Crippen LogP contribution in [0, 0.1) is 18.8 Å². The maximum Gasteiger partial charge on any atom is 0.410 e. The summed E-state index contributed by atoms with van der Waals surface area (Å²) in [7, 11) is 0. The van der Waals surface area contributed by atoms with Crippen LogP contribution in [-0.4, -0.2) is 86.9 Å². The van der Waals surface area contributed by atoms with Crippen LogP contribution in [0.4, 0.5) is 4.79 Å². The van der Waals surface area contributed by atoms with Crippen LogP contribution in [0.15, 0.2) is 40.4 Å². The Morgan fingerprint density at radius 2 is 1.82 bits per heavy atom. The number of β-amino-alcohol motifs (C(OH)–C–C–N with tert-alkyl or cyclic N) is 1. The van der Waals surface area contributed by atoms with Gasteiger partial charge in [-0.25, -0.2) is 9.78 Å². The molecule has 0 aliphatic carbocycles. The minimum atomic E-state index is -0.819. The lowest BCUT2D eigenvalue weighted by Crippen LogP contribution is -2.48. The van der Waals surface area contributed by atoms with E-state index in [0.717, 1.165) is 41.0 Å². The molecule has 13 heteroatoms. The van der Waals surface area contributed by atoms with E-state index in [-0.39, 0.29) is 42.8 Å². The van der Waals surface area contributed by atoms with Crippen molar-refractivity contribution < 1.29 is 33.5 Å². The fourth-order valence-electron chi connectivity index (χ4n) is 6.66. The first-order valence-corrected chi connectivity index (χ1v) is 18.4. The second kappa shape index (κ2) is 15.9. The molecule has 2 N–H and O–H groups in total. The van der Waals surface area contributed by atoms with Gasteiger partial charge in [0.2, 0.25) is 11.8 Å². The highest BCUT2D eigenvalue weighted by Crippen LogP contribution is 2.33. The molecule has 2 saturated heterocycles. The van der Waals surface area contributed by atoms with Gasteiger partial charge in [0.1, 0.15) is 17.6 Å². The molecular weight excluding hydrogens is 659 g/mol. The van der Waals surface area contributed by atoms with Gasteiger partial charge in [-0.2, -0.15) is 0 Å². The molecule has 3 aromatic rings. The van der Waals surface area contributed by atoms with E-state index in [4.69, 9.17) is 14.0 Å². The average Bonchev–Trinajstić information content (AvgIpc) is 3.80. The monoisotopic (exact) mass is 709 g/mol. The number of amides is 3. The van der Waals surface area contributed by atoms with E-state index in [1.807, 2.05) is 78.2 Å². The number of aliphatic hydroxyl groups excluding tert-OH is 1. The van der Waals surface area contributed by atoms with Crippen molar-refractivity contribution in [2.75, 3.05) is 26.2 Å². The molecular formula is C37H51N5O7S. The van der Waals surface area contributed by atoms with Crippen molar-refractivity contribution in [3.8, 4) is 16.3 Å². The molecule has 2 fully saturated rings. The van der Waals surface area contributed by atoms with Crippen molar-refractivity contribution in [3.63, 3.8) is 0 Å². The minimum absolute atomic E-state index is 0.0572. The molecule has 2 aromatic heterocycles. The van der Waals surface area contributed by atoms with Gasteiger partial charge in [0.05, 0.1) is 34.8 Å². The number of thiazole rings is 1. The predicted molar refractivity (Wildman–Crippen MR) is 190 cm³/mol. The minimum Gasteiger partial charge on any atom is -0.475 e. The number of hydrogen-bond acceptors (Lipinski definition) is 10. The lowest BCUT2D eigenvalue weighted by atomic mass is 9.91. The van der Waals surface area contributed by atoms with Gasteiger partial charge in [-0.15, -0.1) is 11.3 Å². The quantitative estimate of drug-likeness (QED) is 0.241. The highest BCUT2D eigenvalue weighted by atomic mass is 32.1. The number of likely N-dealkylation sites (tertiary alicyclic amines) is 2. The second-order valence-corrected chi connectivity index (χ2v) is 15.7. The van der Waals surface area contributed by atoms with E-state index in [0.29, 0.717) is 37.3 Å². The van der Waals surface area contributed by atoms with Gasteiger partial charge in [0, 0.05) is 32.1 Å². The van der Waals surface area contributed by atoms with E-state index in [9.17, 15) is 19.5 Å². The Kier molecular flexibility index (Phi) is 11.9. The fraction of sp³-hybridized carbons (Fsp3) is 0.595. The smallest absolute Gasteiger partial charge is 0.410 e. The summed E-state index contributed by atoms with van der Waals surface area (Å²) in [5.41, 5.74) is 4.29. The fourth-order valence-corrected chi connectivity index (χ4v) is 7.47. The average molecular weight is 710 g/mol. The van der Waals surface area contributed by atoms with Gasteiger partial charge in [0.15, 0.2) is 5.76 Å². The number of aromatic nitrogens is 2. The Bertz CT molecular complexity index is 1610. The Morgan fingerprint density at radius 1 is 1.12 bits per heavy atom. The zero-order chi connectivity index (χ0) is 36.2. The summed E-state index contributed by atoms with van der Waals surface area (Å²) >= 11 is 1.59. The maximum atomic E-state index is 14.0. The topological polar surface area (TPSA) is 147 Å².